The molecule has 0 bridgehead atoms. The lowest BCUT2D eigenvalue weighted by molar-refractivity contribution is 0.102. The fourth-order valence-electron chi connectivity index (χ4n) is 2.83. The van der Waals surface area contributed by atoms with Crippen molar-refractivity contribution in [1.82, 2.24) is 0 Å². The van der Waals surface area contributed by atoms with E-state index in [0.29, 0.717) is 25.5 Å². The third kappa shape index (κ3) is 4.23. The average molecular weight is 454 g/mol. The van der Waals surface area contributed by atoms with Gasteiger partial charge in [0.2, 0.25) is 5.78 Å². The Labute approximate surface area is 186 Å². The van der Waals surface area contributed by atoms with E-state index in [4.69, 9.17) is 17.3 Å². The zero-order chi connectivity index (χ0) is 21.1. The lowest BCUT2D eigenvalue weighted by Crippen LogP contribution is -2.15. The van der Waals surface area contributed by atoms with Crippen molar-refractivity contribution in [3.63, 3.8) is 0 Å². The number of carbonyl (C=O) groups is 2. The molecule has 0 aliphatic carbocycles. The minimum atomic E-state index is -0.408. The van der Waals surface area contributed by atoms with Crippen LogP contribution in [0.3, 0.4) is 0 Å². The molecule has 0 saturated carbocycles. The van der Waals surface area contributed by atoms with Gasteiger partial charge in [-0.1, -0.05) is 35.9 Å². The maximum atomic E-state index is 13.1. The average Bonchev–Trinajstić information content (AvgIpc) is 3.38. The predicted octanol–water partition coefficient (Wildman–Crippen LogP) is 6.27. The molecule has 0 saturated heterocycles. The van der Waals surface area contributed by atoms with Crippen molar-refractivity contribution < 1.29 is 9.59 Å². The maximum absolute atomic E-state index is 13.1. The van der Waals surface area contributed by atoms with Crippen LogP contribution in [0, 0.1) is 0 Å². The summed E-state index contributed by atoms with van der Waals surface area (Å²) in [5, 5.41) is 8.94. The van der Waals surface area contributed by atoms with Crippen LogP contribution in [-0.2, 0) is 0 Å². The van der Waals surface area contributed by atoms with Crippen LogP contribution in [-0.4, -0.2) is 11.7 Å². The SMILES string of the molecule is Nc1c(C(=O)c2cccs2)sc(Nc2ccccc2)c1C(=O)Nc1ccc(Cl)cc1. The van der Waals surface area contributed by atoms with Crippen molar-refractivity contribution in [3.05, 3.63) is 92.5 Å². The van der Waals surface area contributed by atoms with Gasteiger partial charge in [-0.3, -0.25) is 9.59 Å². The molecule has 1 amide bonds. The highest BCUT2D eigenvalue weighted by Crippen LogP contribution is 2.39. The Morgan fingerprint density at radius 2 is 1.63 bits per heavy atom. The number of nitrogens with two attached hydrogens (primary N) is 1. The standard InChI is InChI=1S/C22H16ClN3O2S2/c23-13-8-10-15(11-9-13)25-21(28)17-18(24)20(19(27)16-7-4-12-29-16)30-22(17)26-14-5-2-1-3-6-14/h1-12,26H,24H2,(H,25,28). The van der Waals surface area contributed by atoms with Gasteiger partial charge in [0, 0.05) is 16.4 Å². The molecular weight excluding hydrogens is 438 g/mol. The Morgan fingerprint density at radius 3 is 2.30 bits per heavy atom. The molecule has 0 radical (unpaired) electrons. The number of halogens is 1. The quantitative estimate of drug-likeness (QED) is 0.300. The predicted molar refractivity (Wildman–Crippen MR) is 126 cm³/mol. The third-order valence-corrected chi connectivity index (χ3v) is 6.50. The summed E-state index contributed by atoms with van der Waals surface area (Å²) in [6.07, 6.45) is 0. The normalized spacial score (nSPS) is 10.6. The number of anilines is 4. The highest BCUT2D eigenvalue weighted by molar-refractivity contribution is 7.20. The second-order valence-corrected chi connectivity index (χ2v) is 8.71. The minimum absolute atomic E-state index is 0.156. The second-order valence-electron chi connectivity index (χ2n) is 6.31. The van der Waals surface area contributed by atoms with Crippen LogP contribution in [0.15, 0.2) is 72.1 Å². The summed E-state index contributed by atoms with van der Waals surface area (Å²) >= 11 is 8.42. The van der Waals surface area contributed by atoms with Crippen molar-refractivity contribution in [1.29, 1.82) is 0 Å². The molecule has 30 heavy (non-hydrogen) atoms. The number of para-hydroxylation sites is 1. The number of thiophene rings is 2. The zero-order valence-corrected chi connectivity index (χ0v) is 17.9. The number of amides is 1. The van der Waals surface area contributed by atoms with Gasteiger partial charge in [0.05, 0.1) is 16.1 Å². The van der Waals surface area contributed by atoms with E-state index in [1.54, 1.807) is 36.4 Å². The van der Waals surface area contributed by atoms with E-state index < -0.39 is 5.91 Å². The molecule has 5 nitrogen and oxygen atoms in total. The first-order valence-electron chi connectivity index (χ1n) is 8.92. The highest BCUT2D eigenvalue weighted by atomic mass is 35.5. The maximum Gasteiger partial charge on any atom is 0.260 e. The Morgan fingerprint density at radius 1 is 0.900 bits per heavy atom. The monoisotopic (exact) mass is 453 g/mol. The summed E-state index contributed by atoms with van der Waals surface area (Å²) < 4.78 is 0. The summed E-state index contributed by atoms with van der Waals surface area (Å²) in [6.45, 7) is 0. The van der Waals surface area contributed by atoms with E-state index in [1.807, 2.05) is 35.7 Å². The van der Waals surface area contributed by atoms with Crippen LogP contribution in [0.25, 0.3) is 0 Å². The Kier molecular flexibility index (Phi) is 5.85. The first kappa shape index (κ1) is 20.2. The van der Waals surface area contributed by atoms with Crippen molar-refractivity contribution in [2.75, 3.05) is 16.4 Å². The first-order valence-corrected chi connectivity index (χ1v) is 11.0. The lowest BCUT2D eigenvalue weighted by Gasteiger charge is -2.09. The number of benzene rings is 2. The molecule has 0 spiro atoms. The van der Waals surface area contributed by atoms with Crippen LogP contribution < -0.4 is 16.4 Å². The van der Waals surface area contributed by atoms with Crippen LogP contribution in [0.5, 0.6) is 0 Å². The number of rotatable bonds is 6. The van der Waals surface area contributed by atoms with Gasteiger partial charge >= 0.3 is 0 Å². The van der Waals surface area contributed by atoms with Gasteiger partial charge in [-0.2, -0.15) is 0 Å². The molecule has 4 aromatic rings. The highest BCUT2D eigenvalue weighted by Gasteiger charge is 2.27. The van der Waals surface area contributed by atoms with Crippen LogP contribution in [0.1, 0.15) is 24.9 Å². The van der Waals surface area contributed by atoms with Gasteiger partial charge in [0.25, 0.3) is 5.91 Å². The summed E-state index contributed by atoms with van der Waals surface area (Å²) in [5.74, 6) is -0.608. The largest absolute Gasteiger partial charge is 0.397 e. The van der Waals surface area contributed by atoms with Crippen molar-refractivity contribution in [2.45, 2.75) is 0 Å². The number of nitrogens with one attached hydrogen (secondary N) is 2. The summed E-state index contributed by atoms with van der Waals surface area (Å²) in [7, 11) is 0. The van der Waals surface area contributed by atoms with E-state index in [9.17, 15) is 9.59 Å². The Balaban J connectivity index is 1.73. The molecule has 4 N–H and O–H groups in total. The second kappa shape index (κ2) is 8.71. The topological polar surface area (TPSA) is 84.2 Å². The van der Waals surface area contributed by atoms with Gasteiger partial charge in [0.15, 0.2) is 0 Å². The molecule has 0 aliphatic rings. The number of nitrogen functional groups attached to an aromatic ring is 1. The molecule has 2 aromatic heterocycles. The molecule has 2 heterocycles. The third-order valence-electron chi connectivity index (χ3n) is 4.26. The number of carbonyl (C=O) groups excluding carboxylic acids is 2. The van der Waals surface area contributed by atoms with Crippen molar-refractivity contribution >= 4 is 68.0 Å². The van der Waals surface area contributed by atoms with E-state index in [2.05, 4.69) is 10.6 Å². The smallest absolute Gasteiger partial charge is 0.260 e. The van der Waals surface area contributed by atoms with E-state index in [-0.39, 0.29) is 17.0 Å². The first-order chi connectivity index (χ1) is 14.5. The summed E-state index contributed by atoms with van der Waals surface area (Å²) in [5.41, 5.74) is 8.07. The fourth-order valence-corrected chi connectivity index (χ4v) is 4.78. The van der Waals surface area contributed by atoms with E-state index in [0.717, 1.165) is 5.69 Å². The van der Waals surface area contributed by atoms with Crippen LogP contribution in [0.4, 0.5) is 22.1 Å². The molecule has 0 fully saturated rings. The molecule has 0 atom stereocenters. The van der Waals surface area contributed by atoms with Crippen LogP contribution >= 0.6 is 34.3 Å². The molecule has 0 aliphatic heterocycles. The van der Waals surface area contributed by atoms with Gasteiger partial charge in [-0.25, -0.2) is 0 Å². The van der Waals surface area contributed by atoms with Gasteiger partial charge in [-0.05, 0) is 47.8 Å². The van der Waals surface area contributed by atoms with Crippen molar-refractivity contribution in [2.24, 2.45) is 0 Å². The van der Waals surface area contributed by atoms with Gasteiger partial charge in [-0.15, -0.1) is 22.7 Å². The van der Waals surface area contributed by atoms with Crippen LogP contribution in [0.2, 0.25) is 5.02 Å². The molecule has 2 aromatic carbocycles. The molecule has 8 heteroatoms. The number of hydrogen-bond acceptors (Lipinski definition) is 6. The minimum Gasteiger partial charge on any atom is -0.397 e. The van der Waals surface area contributed by atoms with E-state index >= 15 is 0 Å². The number of ketones is 1. The number of hydrogen-bond donors (Lipinski definition) is 3. The molecule has 4 rings (SSSR count). The molecule has 0 unspecified atom stereocenters. The van der Waals surface area contributed by atoms with Gasteiger partial charge < -0.3 is 16.4 Å². The summed E-state index contributed by atoms with van der Waals surface area (Å²) in [4.78, 5) is 26.9. The Hall–Kier alpha value is -3.13. The fraction of sp³-hybridized carbons (Fsp3) is 0. The zero-order valence-electron chi connectivity index (χ0n) is 15.5. The lowest BCUT2D eigenvalue weighted by atomic mass is 10.1. The molecule has 150 valence electrons. The Bertz CT molecular complexity index is 1190. The van der Waals surface area contributed by atoms with E-state index in [1.165, 1.54) is 22.7 Å². The van der Waals surface area contributed by atoms with Crippen molar-refractivity contribution in [3.8, 4) is 0 Å². The summed E-state index contributed by atoms with van der Waals surface area (Å²) in [6, 6.07) is 19.7. The van der Waals surface area contributed by atoms with Gasteiger partial charge in [0.1, 0.15) is 9.88 Å². The molecular formula is C22H16ClN3O2S2.